The molecule has 3 aromatic carbocycles. The van der Waals surface area contributed by atoms with Crippen LogP contribution in [0.25, 0.3) is 16.6 Å². The lowest BCUT2D eigenvalue weighted by Gasteiger charge is -2.30. The zero-order chi connectivity index (χ0) is 27.4. The van der Waals surface area contributed by atoms with Crippen molar-refractivity contribution in [1.82, 2.24) is 14.5 Å². The molecule has 0 saturated carbocycles. The third-order valence-electron chi connectivity index (χ3n) is 6.48. The Hall–Kier alpha value is -3.98. The first-order chi connectivity index (χ1) is 18.2. The molecule has 1 aromatic heterocycles. The van der Waals surface area contributed by atoms with Crippen molar-refractivity contribution < 1.29 is 22.7 Å². The fourth-order valence-corrected chi connectivity index (χ4v) is 4.35. The molecule has 0 fully saturated rings. The monoisotopic (exact) mass is 523 g/mol. The van der Waals surface area contributed by atoms with E-state index >= 15 is 0 Å². The van der Waals surface area contributed by atoms with Gasteiger partial charge >= 0.3 is 6.18 Å². The Bertz CT molecular complexity index is 1500. The molecule has 9 heteroatoms. The lowest BCUT2D eigenvalue weighted by atomic mass is 10.1. The molecule has 4 rings (SSSR count). The Morgan fingerprint density at radius 3 is 2.42 bits per heavy atom. The first-order valence-corrected chi connectivity index (χ1v) is 12.2. The molecule has 0 aliphatic rings. The van der Waals surface area contributed by atoms with Crippen molar-refractivity contribution in [2.75, 3.05) is 20.3 Å². The van der Waals surface area contributed by atoms with Crippen LogP contribution in [-0.2, 0) is 17.3 Å². The molecule has 1 heterocycles. The minimum absolute atomic E-state index is 0.0736. The minimum Gasteiger partial charge on any atom is -0.383 e. The van der Waals surface area contributed by atoms with E-state index in [0.29, 0.717) is 16.6 Å². The first kappa shape index (κ1) is 27.1. The second kappa shape index (κ2) is 11.2. The second-order valence-corrected chi connectivity index (χ2v) is 8.89. The third kappa shape index (κ3) is 5.47. The topological polar surface area (TPSA) is 64.4 Å². The molecule has 4 aromatic rings. The van der Waals surface area contributed by atoms with Gasteiger partial charge in [-0.2, -0.15) is 13.2 Å². The van der Waals surface area contributed by atoms with Crippen molar-refractivity contribution in [2.24, 2.45) is 0 Å². The Morgan fingerprint density at radius 1 is 1.05 bits per heavy atom. The van der Waals surface area contributed by atoms with Crippen molar-refractivity contribution in [3.8, 4) is 5.69 Å². The summed E-state index contributed by atoms with van der Waals surface area (Å²) in [6, 6.07) is 17.9. The largest absolute Gasteiger partial charge is 0.416 e. The maximum atomic E-state index is 13.7. The molecule has 0 aliphatic carbocycles. The normalized spacial score (nSPS) is 12.5. The van der Waals surface area contributed by atoms with Gasteiger partial charge in [0.2, 0.25) is 0 Å². The van der Waals surface area contributed by atoms with Gasteiger partial charge in [-0.1, -0.05) is 37.3 Å². The molecule has 0 bridgehead atoms. The van der Waals surface area contributed by atoms with Gasteiger partial charge < -0.3 is 9.64 Å². The van der Waals surface area contributed by atoms with E-state index in [2.05, 4.69) is 0 Å². The van der Waals surface area contributed by atoms with E-state index in [9.17, 15) is 22.8 Å². The number of benzene rings is 3. The van der Waals surface area contributed by atoms with Gasteiger partial charge in [0.15, 0.2) is 0 Å². The highest BCUT2D eigenvalue weighted by Gasteiger charge is 2.33. The molecule has 198 valence electrons. The standard InChI is InChI=1S/C29H28F3N3O3/c1-4-20-12-14-23(15-13-20)35-26(33-25-11-6-5-10-24(25)28(35)37)19(2)34(16-17-38-3)27(36)21-8-7-9-22(18-21)29(30,31)32/h5-15,18-19H,4,16-17H2,1-3H3. The van der Waals surface area contributed by atoms with Gasteiger partial charge in [-0.3, -0.25) is 14.2 Å². The van der Waals surface area contributed by atoms with Crippen LogP contribution in [0.2, 0.25) is 0 Å². The van der Waals surface area contributed by atoms with Gasteiger partial charge in [-0.15, -0.1) is 0 Å². The third-order valence-corrected chi connectivity index (χ3v) is 6.48. The Balaban J connectivity index is 1.87. The van der Waals surface area contributed by atoms with Crippen LogP contribution < -0.4 is 5.56 Å². The Labute approximate surface area is 218 Å². The maximum absolute atomic E-state index is 13.7. The smallest absolute Gasteiger partial charge is 0.383 e. The van der Waals surface area contributed by atoms with Crippen LogP contribution in [0.5, 0.6) is 0 Å². The Morgan fingerprint density at radius 2 is 1.76 bits per heavy atom. The Kier molecular flexibility index (Phi) is 7.97. The van der Waals surface area contributed by atoms with E-state index < -0.39 is 23.7 Å². The van der Waals surface area contributed by atoms with E-state index in [1.807, 2.05) is 31.2 Å². The molecule has 1 amide bonds. The quantitative estimate of drug-likeness (QED) is 0.292. The van der Waals surface area contributed by atoms with Crippen molar-refractivity contribution >= 4 is 16.8 Å². The van der Waals surface area contributed by atoms with Gasteiger partial charge in [0, 0.05) is 19.2 Å². The van der Waals surface area contributed by atoms with E-state index in [4.69, 9.17) is 9.72 Å². The van der Waals surface area contributed by atoms with Gasteiger partial charge in [0.1, 0.15) is 5.82 Å². The fraction of sp³-hybridized carbons (Fsp3) is 0.276. The van der Waals surface area contributed by atoms with E-state index in [0.717, 1.165) is 24.1 Å². The van der Waals surface area contributed by atoms with Crippen molar-refractivity contribution in [3.05, 3.63) is 106 Å². The molecule has 0 N–H and O–H groups in total. The number of halogens is 3. The molecular weight excluding hydrogens is 495 g/mol. The van der Waals surface area contributed by atoms with Crippen molar-refractivity contribution in [3.63, 3.8) is 0 Å². The van der Waals surface area contributed by atoms with E-state index in [-0.39, 0.29) is 30.1 Å². The predicted octanol–water partition coefficient (Wildman–Crippen LogP) is 5.82. The van der Waals surface area contributed by atoms with Crippen LogP contribution >= 0.6 is 0 Å². The average Bonchev–Trinajstić information content (AvgIpc) is 2.92. The summed E-state index contributed by atoms with van der Waals surface area (Å²) in [7, 11) is 1.47. The van der Waals surface area contributed by atoms with Gasteiger partial charge in [-0.05, 0) is 61.4 Å². The summed E-state index contributed by atoms with van der Waals surface area (Å²) in [4.78, 5) is 33.5. The SMILES string of the molecule is CCc1ccc(-n2c(C(C)N(CCOC)C(=O)c3cccc(C(F)(F)F)c3)nc3ccccc3c2=O)cc1. The molecule has 0 spiro atoms. The molecule has 0 saturated heterocycles. The van der Waals surface area contributed by atoms with Crippen molar-refractivity contribution in [2.45, 2.75) is 32.5 Å². The van der Waals surface area contributed by atoms with Crippen LogP contribution in [0.4, 0.5) is 13.2 Å². The minimum atomic E-state index is -4.59. The lowest BCUT2D eigenvalue weighted by molar-refractivity contribution is -0.137. The molecule has 6 nitrogen and oxygen atoms in total. The number of para-hydroxylation sites is 1. The van der Waals surface area contributed by atoms with Crippen LogP contribution in [0, 0.1) is 0 Å². The van der Waals surface area contributed by atoms with E-state index in [1.54, 1.807) is 31.2 Å². The number of methoxy groups -OCH3 is 1. The summed E-state index contributed by atoms with van der Waals surface area (Å²) in [6.07, 6.45) is -3.77. The number of aromatic nitrogens is 2. The number of nitrogens with zero attached hydrogens (tertiary/aromatic N) is 3. The van der Waals surface area contributed by atoms with Gasteiger partial charge in [0.05, 0.1) is 34.8 Å². The predicted molar refractivity (Wildman–Crippen MR) is 139 cm³/mol. The molecule has 0 radical (unpaired) electrons. The summed E-state index contributed by atoms with van der Waals surface area (Å²) in [5.74, 6) is -0.342. The number of aryl methyl sites for hydroxylation is 1. The molecule has 38 heavy (non-hydrogen) atoms. The van der Waals surface area contributed by atoms with Crippen molar-refractivity contribution in [1.29, 1.82) is 0 Å². The lowest BCUT2D eigenvalue weighted by Crippen LogP contribution is -2.39. The summed E-state index contributed by atoms with van der Waals surface area (Å²) in [5, 5.41) is 0.413. The number of rotatable bonds is 8. The number of amides is 1. The molecular formula is C29H28F3N3O3. The number of alkyl halides is 3. The number of hydrogen-bond acceptors (Lipinski definition) is 4. The maximum Gasteiger partial charge on any atom is 0.416 e. The first-order valence-electron chi connectivity index (χ1n) is 12.2. The highest BCUT2D eigenvalue weighted by atomic mass is 19.4. The van der Waals surface area contributed by atoms with Gasteiger partial charge in [0.25, 0.3) is 11.5 Å². The summed E-state index contributed by atoms with van der Waals surface area (Å²) in [6.45, 7) is 3.94. The molecule has 0 aliphatic heterocycles. The number of carbonyl (C=O) groups excluding carboxylic acids is 1. The number of hydrogen-bond donors (Lipinski definition) is 0. The van der Waals surface area contributed by atoms with Crippen LogP contribution in [-0.4, -0.2) is 40.6 Å². The second-order valence-electron chi connectivity index (χ2n) is 8.89. The van der Waals surface area contributed by atoms with Gasteiger partial charge in [-0.25, -0.2) is 4.98 Å². The summed E-state index contributed by atoms with van der Waals surface area (Å²) in [5.41, 5.74) is 0.778. The zero-order valence-electron chi connectivity index (χ0n) is 21.3. The molecule has 1 atom stereocenters. The highest BCUT2D eigenvalue weighted by Crippen LogP contribution is 2.31. The summed E-state index contributed by atoms with van der Waals surface area (Å²) >= 11 is 0. The fourth-order valence-electron chi connectivity index (χ4n) is 4.35. The van der Waals surface area contributed by atoms with Crippen LogP contribution in [0.3, 0.4) is 0 Å². The number of fused-ring (bicyclic) bond motifs is 1. The average molecular weight is 524 g/mol. The van der Waals surface area contributed by atoms with Crippen LogP contribution in [0.1, 0.15) is 47.2 Å². The zero-order valence-corrected chi connectivity index (χ0v) is 21.3. The van der Waals surface area contributed by atoms with E-state index in [1.165, 1.54) is 28.7 Å². The summed E-state index contributed by atoms with van der Waals surface area (Å²) < 4.78 is 46.7. The number of ether oxygens (including phenoxy) is 1. The molecule has 1 unspecified atom stereocenters. The highest BCUT2D eigenvalue weighted by molar-refractivity contribution is 5.94. The van der Waals surface area contributed by atoms with Crippen LogP contribution in [0.15, 0.2) is 77.6 Å². The number of carbonyl (C=O) groups is 1.